The van der Waals surface area contributed by atoms with Crippen molar-refractivity contribution in [1.29, 1.82) is 0 Å². The molecule has 14 heavy (non-hydrogen) atoms. The summed E-state index contributed by atoms with van der Waals surface area (Å²) in [4.78, 5) is 10.7. The lowest BCUT2D eigenvalue weighted by Gasteiger charge is -2.11. The van der Waals surface area contributed by atoms with E-state index in [0.717, 1.165) is 12.8 Å². The number of hydrogen-bond acceptors (Lipinski definition) is 2. The first-order valence-electron chi connectivity index (χ1n) is 4.81. The SMILES string of the molecule is O=C(O)[C@H]1CC[C@@H](c2ccccc2)N1. The van der Waals surface area contributed by atoms with E-state index < -0.39 is 5.97 Å². The van der Waals surface area contributed by atoms with Crippen molar-refractivity contribution in [1.82, 2.24) is 5.32 Å². The second-order valence-electron chi connectivity index (χ2n) is 3.60. The van der Waals surface area contributed by atoms with Crippen molar-refractivity contribution in [3.8, 4) is 0 Å². The zero-order valence-corrected chi connectivity index (χ0v) is 7.81. The van der Waals surface area contributed by atoms with Crippen LogP contribution in [0.25, 0.3) is 0 Å². The Balaban J connectivity index is 2.06. The average Bonchev–Trinajstić information content (AvgIpc) is 2.68. The van der Waals surface area contributed by atoms with E-state index in [-0.39, 0.29) is 12.1 Å². The van der Waals surface area contributed by atoms with E-state index in [1.807, 2.05) is 30.3 Å². The third-order valence-electron chi connectivity index (χ3n) is 2.65. The second kappa shape index (κ2) is 3.80. The highest BCUT2D eigenvalue weighted by Crippen LogP contribution is 2.26. The van der Waals surface area contributed by atoms with Gasteiger partial charge in [0.25, 0.3) is 0 Å². The first-order chi connectivity index (χ1) is 6.77. The molecule has 0 unspecified atom stereocenters. The van der Waals surface area contributed by atoms with Crippen LogP contribution in [0.2, 0.25) is 0 Å². The van der Waals surface area contributed by atoms with Gasteiger partial charge in [0.15, 0.2) is 0 Å². The number of aliphatic carboxylic acids is 1. The minimum absolute atomic E-state index is 0.206. The van der Waals surface area contributed by atoms with Crippen LogP contribution in [-0.4, -0.2) is 17.1 Å². The fourth-order valence-corrected chi connectivity index (χ4v) is 1.89. The number of carbonyl (C=O) groups is 1. The summed E-state index contributed by atoms with van der Waals surface area (Å²) in [6.07, 6.45) is 1.62. The van der Waals surface area contributed by atoms with E-state index in [2.05, 4.69) is 5.32 Å². The Kier molecular flexibility index (Phi) is 2.50. The van der Waals surface area contributed by atoms with Gasteiger partial charge >= 0.3 is 5.97 Å². The molecule has 0 radical (unpaired) electrons. The summed E-state index contributed by atoms with van der Waals surface area (Å²) in [7, 11) is 0. The van der Waals surface area contributed by atoms with Gasteiger partial charge in [-0.05, 0) is 18.4 Å². The highest BCUT2D eigenvalue weighted by Gasteiger charge is 2.29. The predicted molar refractivity (Wildman–Crippen MR) is 53.0 cm³/mol. The van der Waals surface area contributed by atoms with Crippen LogP contribution in [0.1, 0.15) is 24.4 Å². The van der Waals surface area contributed by atoms with E-state index in [4.69, 9.17) is 5.11 Å². The van der Waals surface area contributed by atoms with Crippen LogP contribution >= 0.6 is 0 Å². The molecular weight excluding hydrogens is 178 g/mol. The lowest BCUT2D eigenvalue weighted by molar-refractivity contribution is -0.139. The average molecular weight is 191 g/mol. The van der Waals surface area contributed by atoms with Gasteiger partial charge in [-0.25, -0.2) is 0 Å². The molecule has 1 aliphatic heterocycles. The number of benzene rings is 1. The van der Waals surface area contributed by atoms with Gasteiger partial charge in [0.05, 0.1) is 0 Å². The molecule has 0 aromatic heterocycles. The first kappa shape index (κ1) is 9.21. The standard InChI is InChI=1S/C11H13NO2/c13-11(14)10-7-6-9(12-10)8-4-2-1-3-5-8/h1-5,9-10,12H,6-7H2,(H,13,14)/t9-,10+/m0/s1. The highest BCUT2D eigenvalue weighted by molar-refractivity contribution is 5.73. The van der Waals surface area contributed by atoms with Crippen molar-refractivity contribution in [2.75, 3.05) is 0 Å². The summed E-state index contributed by atoms with van der Waals surface area (Å²) >= 11 is 0. The van der Waals surface area contributed by atoms with Crippen molar-refractivity contribution in [3.05, 3.63) is 35.9 Å². The van der Waals surface area contributed by atoms with Crippen LogP contribution in [0, 0.1) is 0 Å². The van der Waals surface area contributed by atoms with Crippen LogP contribution in [0.3, 0.4) is 0 Å². The first-order valence-corrected chi connectivity index (χ1v) is 4.81. The Morgan fingerprint density at radius 3 is 2.57 bits per heavy atom. The van der Waals surface area contributed by atoms with Gasteiger partial charge in [-0.3, -0.25) is 10.1 Å². The maximum Gasteiger partial charge on any atom is 0.320 e. The molecule has 3 heteroatoms. The Bertz CT molecular complexity index is 323. The highest BCUT2D eigenvalue weighted by atomic mass is 16.4. The van der Waals surface area contributed by atoms with Crippen molar-refractivity contribution in [2.24, 2.45) is 0 Å². The zero-order valence-electron chi connectivity index (χ0n) is 7.81. The smallest absolute Gasteiger partial charge is 0.320 e. The lowest BCUT2D eigenvalue weighted by atomic mass is 10.1. The normalized spacial score (nSPS) is 26.3. The molecule has 2 atom stereocenters. The molecule has 1 aliphatic rings. The molecule has 74 valence electrons. The van der Waals surface area contributed by atoms with Crippen molar-refractivity contribution in [3.63, 3.8) is 0 Å². The van der Waals surface area contributed by atoms with E-state index in [1.165, 1.54) is 5.56 Å². The van der Waals surface area contributed by atoms with Gasteiger partial charge < -0.3 is 5.11 Å². The molecular formula is C11H13NO2. The third kappa shape index (κ3) is 1.77. The molecule has 2 N–H and O–H groups in total. The largest absolute Gasteiger partial charge is 0.480 e. The van der Waals surface area contributed by atoms with Gasteiger partial charge in [-0.15, -0.1) is 0 Å². The molecule has 1 aromatic rings. The Labute approximate surface area is 82.8 Å². The molecule has 1 fully saturated rings. The fraction of sp³-hybridized carbons (Fsp3) is 0.364. The van der Waals surface area contributed by atoms with E-state index in [9.17, 15) is 4.79 Å². The lowest BCUT2D eigenvalue weighted by Crippen LogP contribution is -2.31. The van der Waals surface area contributed by atoms with Crippen LogP contribution in [0.15, 0.2) is 30.3 Å². The van der Waals surface area contributed by atoms with Gasteiger partial charge in [0.1, 0.15) is 6.04 Å². The summed E-state index contributed by atoms with van der Waals surface area (Å²) < 4.78 is 0. The van der Waals surface area contributed by atoms with Gasteiger partial charge in [-0.2, -0.15) is 0 Å². The van der Waals surface area contributed by atoms with Crippen LogP contribution in [-0.2, 0) is 4.79 Å². The molecule has 0 amide bonds. The summed E-state index contributed by atoms with van der Waals surface area (Å²) in [5.74, 6) is -0.747. The molecule has 0 aliphatic carbocycles. The Morgan fingerprint density at radius 1 is 1.29 bits per heavy atom. The zero-order chi connectivity index (χ0) is 9.97. The maximum absolute atomic E-state index is 10.7. The molecule has 0 bridgehead atoms. The summed E-state index contributed by atoms with van der Waals surface area (Å²) in [6, 6.07) is 9.81. The second-order valence-corrected chi connectivity index (χ2v) is 3.60. The molecule has 0 saturated carbocycles. The van der Waals surface area contributed by atoms with Gasteiger partial charge in [-0.1, -0.05) is 30.3 Å². The van der Waals surface area contributed by atoms with E-state index >= 15 is 0 Å². The molecule has 1 saturated heterocycles. The molecule has 2 rings (SSSR count). The molecule has 1 aromatic carbocycles. The molecule has 1 heterocycles. The number of rotatable bonds is 2. The third-order valence-corrected chi connectivity index (χ3v) is 2.65. The summed E-state index contributed by atoms with van der Waals surface area (Å²) in [5.41, 5.74) is 1.18. The quantitative estimate of drug-likeness (QED) is 0.746. The van der Waals surface area contributed by atoms with Gasteiger partial charge in [0, 0.05) is 6.04 Å². The van der Waals surface area contributed by atoms with Crippen molar-refractivity contribution >= 4 is 5.97 Å². The number of nitrogens with one attached hydrogen (secondary N) is 1. The van der Waals surface area contributed by atoms with Crippen molar-refractivity contribution < 1.29 is 9.90 Å². The van der Waals surface area contributed by atoms with Crippen LogP contribution in [0.4, 0.5) is 0 Å². The maximum atomic E-state index is 10.7. The minimum Gasteiger partial charge on any atom is -0.480 e. The van der Waals surface area contributed by atoms with E-state index in [1.54, 1.807) is 0 Å². The summed E-state index contributed by atoms with van der Waals surface area (Å²) in [5, 5.41) is 11.9. The molecule has 0 spiro atoms. The van der Waals surface area contributed by atoms with Gasteiger partial charge in [0.2, 0.25) is 0 Å². The predicted octanol–water partition coefficient (Wildman–Crippen LogP) is 1.56. The topological polar surface area (TPSA) is 49.3 Å². The Hall–Kier alpha value is -1.35. The van der Waals surface area contributed by atoms with E-state index in [0.29, 0.717) is 0 Å². The van der Waals surface area contributed by atoms with Crippen molar-refractivity contribution in [2.45, 2.75) is 24.9 Å². The molecule has 3 nitrogen and oxygen atoms in total. The Morgan fingerprint density at radius 2 is 2.00 bits per heavy atom. The fourth-order valence-electron chi connectivity index (χ4n) is 1.89. The number of hydrogen-bond donors (Lipinski definition) is 2. The number of carboxylic acid groups (broad SMARTS) is 1. The summed E-state index contributed by atoms with van der Waals surface area (Å²) in [6.45, 7) is 0. The van der Waals surface area contributed by atoms with Crippen LogP contribution in [0.5, 0.6) is 0 Å². The van der Waals surface area contributed by atoms with Crippen LogP contribution < -0.4 is 5.32 Å². The number of carboxylic acids is 1. The minimum atomic E-state index is -0.747. The monoisotopic (exact) mass is 191 g/mol.